The average Bonchev–Trinajstić information content (AvgIpc) is 3.21. The average molecular weight is 441 g/mol. The second-order valence-electron chi connectivity index (χ2n) is 6.42. The number of nitrogens with zero attached hydrogens (tertiary/aromatic N) is 3. The highest BCUT2D eigenvalue weighted by Crippen LogP contribution is 2.25. The van der Waals surface area contributed by atoms with Gasteiger partial charge in [-0.25, -0.2) is 4.79 Å². The Labute approximate surface area is 185 Å². The standard InChI is InChI=1S/C22H24N4O4S/c1-4-26-20(15-9-11-18(29-3)12-10-15)24-25-22(26)31-14-19(27)23-17-8-6-7-16(13-17)21(28)30-5-2/h6-13H,4-5,14H2,1-3H3,(H,23,27). The molecule has 1 heterocycles. The Morgan fingerprint density at radius 1 is 1.10 bits per heavy atom. The summed E-state index contributed by atoms with van der Waals surface area (Å²) in [4.78, 5) is 24.3. The number of amides is 1. The molecule has 0 atom stereocenters. The smallest absolute Gasteiger partial charge is 0.338 e. The van der Waals surface area contributed by atoms with Crippen molar-refractivity contribution in [3.8, 4) is 17.1 Å². The minimum absolute atomic E-state index is 0.157. The van der Waals surface area contributed by atoms with Gasteiger partial charge < -0.3 is 19.4 Å². The van der Waals surface area contributed by atoms with Gasteiger partial charge in [0.25, 0.3) is 0 Å². The van der Waals surface area contributed by atoms with Crippen molar-refractivity contribution in [2.45, 2.75) is 25.5 Å². The molecule has 3 aromatic rings. The maximum Gasteiger partial charge on any atom is 0.338 e. The van der Waals surface area contributed by atoms with Crippen molar-refractivity contribution in [1.29, 1.82) is 0 Å². The first-order chi connectivity index (χ1) is 15.0. The van der Waals surface area contributed by atoms with Crippen molar-refractivity contribution in [3.63, 3.8) is 0 Å². The van der Waals surface area contributed by atoms with E-state index in [2.05, 4.69) is 15.5 Å². The molecular formula is C22H24N4O4S. The van der Waals surface area contributed by atoms with Crippen molar-refractivity contribution in [2.75, 3.05) is 24.8 Å². The lowest BCUT2D eigenvalue weighted by molar-refractivity contribution is -0.113. The van der Waals surface area contributed by atoms with E-state index in [4.69, 9.17) is 9.47 Å². The third kappa shape index (κ3) is 5.64. The number of aromatic nitrogens is 3. The number of ether oxygens (including phenoxy) is 2. The predicted octanol–water partition coefficient (Wildman–Crippen LogP) is 3.88. The van der Waals surface area contributed by atoms with Crippen molar-refractivity contribution < 1.29 is 19.1 Å². The molecular weight excluding hydrogens is 416 g/mol. The van der Waals surface area contributed by atoms with Crippen LogP contribution in [0.4, 0.5) is 5.69 Å². The summed E-state index contributed by atoms with van der Waals surface area (Å²) in [5.74, 6) is 1.03. The van der Waals surface area contributed by atoms with E-state index in [0.717, 1.165) is 17.1 Å². The Balaban J connectivity index is 1.65. The van der Waals surface area contributed by atoms with Crippen molar-refractivity contribution in [1.82, 2.24) is 14.8 Å². The van der Waals surface area contributed by atoms with E-state index < -0.39 is 5.97 Å². The number of thioether (sulfide) groups is 1. The highest BCUT2D eigenvalue weighted by molar-refractivity contribution is 7.99. The topological polar surface area (TPSA) is 95.3 Å². The van der Waals surface area contributed by atoms with Crippen LogP contribution < -0.4 is 10.1 Å². The molecule has 0 aliphatic heterocycles. The number of nitrogens with one attached hydrogen (secondary N) is 1. The summed E-state index contributed by atoms with van der Waals surface area (Å²) in [6.45, 7) is 4.71. The molecule has 31 heavy (non-hydrogen) atoms. The van der Waals surface area contributed by atoms with Gasteiger partial charge in [0.05, 0.1) is 25.0 Å². The molecule has 0 spiro atoms. The van der Waals surface area contributed by atoms with E-state index in [1.54, 1.807) is 38.3 Å². The van der Waals surface area contributed by atoms with Crippen molar-refractivity contribution >= 4 is 29.3 Å². The molecule has 8 nitrogen and oxygen atoms in total. The van der Waals surface area contributed by atoms with Crippen LogP contribution >= 0.6 is 11.8 Å². The zero-order valence-electron chi connectivity index (χ0n) is 17.6. The number of carbonyl (C=O) groups excluding carboxylic acids is 2. The van der Waals surface area contributed by atoms with Gasteiger partial charge in [-0.3, -0.25) is 4.79 Å². The zero-order valence-corrected chi connectivity index (χ0v) is 18.4. The van der Waals surface area contributed by atoms with E-state index in [1.165, 1.54) is 11.8 Å². The van der Waals surface area contributed by atoms with Crippen LogP contribution in [0.5, 0.6) is 5.75 Å². The third-order valence-corrected chi connectivity index (χ3v) is 5.34. The fourth-order valence-electron chi connectivity index (χ4n) is 2.90. The molecule has 0 bridgehead atoms. The number of methoxy groups -OCH3 is 1. The predicted molar refractivity (Wildman–Crippen MR) is 119 cm³/mol. The molecule has 9 heteroatoms. The van der Waals surface area contributed by atoms with Crippen molar-refractivity contribution in [2.24, 2.45) is 0 Å². The van der Waals surface area contributed by atoms with E-state index in [9.17, 15) is 9.59 Å². The fraction of sp³-hybridized carbons (Fsp3) is 0.273. The quantitative estimate of drug-likeness (QED) is 0.398. The zero-order chi connectivity index (χ0) is 22.2. The summed E-state index contributed by atoms with van der Waals surface area (Å²) in [6, 6.07) is 14.2. The molecule has 1 N–H and O–H groups in total. The third-order valence-electron chi connectivity index (χ3n) is 4.37. The van der Waals surface area contributed by atoms with Crippen LogP contribution in [0.25, 0.3) is 11.4 Å². The molecule has 1 amide bonds. The number of anilines is 1. The van der Waals surface area contributed by atoms with Gasteiger partial charge >= 0.3 is 5.97 Å². The maximum absolute atomic E-state index is 12.4. The number of carbonyl (C=O) groups is 2. The van der Waals surface area contributed by atoms with Crippen molar-refractivity contribution in [3.05, 3.63) is 54.1 Å². The number of esters is 1. The molecule has 2 aromatic carbocycles. The summed E-state index contributed by atoms with van der Waals surface area (Å²) < 4.78 is 12.1. The molecule has 0 saturated carbocycles. The summed E-state index contributed by atoms with van der Waals surface area (Å²) in [5, 5.41) is 12.0. The normalized spacial score (nSPS) is 10.5. The summed E-state index contributed by atoms with van der Waals surface area (Å²) >= 11 is 1.30. The highest BCUT2D eigenvalue weighted by Gasteiger charge is 2.15. The Bertz CT molecular complexity index is 1050. The van der Waals surface area contributed by atoms with E-state index in [1.807, 2.05) is 35.8 Å². The Morgan fingerprint density at radius 3 is 2.55 bits per heavy atom. The summed E-state index contributed by atoms with van der Waals surface area (Å²) in [7, 11) is 1.62. The molecule has 162 valence electrons. The number of hydrogen-bond donors (Lipinski definition) is 1. The molecule has 0 radical (unpaired) electrons. The lowest BCUT2D eigenvalue weighted by Crippen LogP contribution is -2.15. The molecule has 1 aromatic heterocycles. The van der Waals surface area contributed by atoms with Crippen LogP contribution in [0.2, 0.25) is 0 Å². The van der Waals surface area contributed by atoms with Crippen LogP contribution in [-0.2, 0) is 16.1 Å². The first-order valence-electron chi connectivity index (χ1n) is 9.83. The van der Waals surface area contributed by atoms with E-state index in [-0.39, 0.29) is 11.7 Å². The van der Waals surface area contributed by atoms with Gasteiger partial charge in [0.1, 0.15) is 5.75 Å². The second kappa shape index (κ2) is 10.6. The van der Waals surface area contributed by atoms with Crippen LogP contribution in [0.1, 0.15) is 24.2 Å². The second-order valence-corrected chi connectivity index (χ2v) is 7.36. The number of hydrogen-bond acceptors (Lipinski definition) is 7. The van der Waals surface area contributed by atoms with Gasteiger partial charge in [-0.1, -0.05) is 17.8 Å². The first kappa shape index (κ1) is 22.4. The molecule has 0 aliphatic carbocycles. The molecule has 3 rings (SSSR count). The van der Waals surface area contributed by atoms with Crippen LogP contribution in [0.3, 0.4) is 0 Å². The molecule has 0 unspecified atom stereocenters. The molecule has 0 fully saturated rings. The summed E-state index contributed by atoms with van der Waals surface area (Å²) in [6.07, 6.45) is 0. The van der Waals surface area contributed by atoms with E-state index in [0.29, 0.717) is 29.6 Å². The van der Waals surface area contributed by atoms with Gasteiger partial charge in [0.2, 0.25) is 5.91 Å². The SMILES string of the molecule is CCOC(=O)c1cccc(NC(=O)CSc2nnc(-c3ccc(OC)cc3)n2CC)c1. The molecule has 0 saturated heterocycles. The lowest BCUT2D eigenvalue weighted by Gasteiger charge is -2.09. The Kier molecular flexibility index (Phi) is 7.66. The minimum Gasteiger partial charge on any atom is -0.497 e. The minimum atomic E-state index is -0.421. The van der Waals surface area contributed by atoms with Gasteiger partial charge in [0, 0.05) is 17.8 Å². The Morgan fingerprint density at radius 2 is 1.87 bits per heavy atom. The Hall–Kier alpha value is -3.33. The van der Waals surface area contributed by atoms with Gasteiger partial charge in [-0.15, -0.1) is 10.2 Å². The number of rotatable bonds is 9. The molecule has 0 aliphatic rings. The lowest BCUT2D eigenvalue weighted by atomic mass is 10.2. The number of benzene rings is 2. The monoisotopic (exact) mass is 440 g/mol. The largest absolute Gasteiger partial charge is 0.497 e. The van der Waals surface area contributed by atoms with E-state index >= 15 is 0 Å². The van der Waals surface area contributed by atoms with Gasteiger partial charge in [-0.05, 0) is 56.3 Å². The van der Waals surface area contributed by atoms with Crippen LogP contribution in [0, 0.1) is 0 Å². The first-order valence-corrected chi connectivity index (χ1v) is 10.8. The fourth-order valence-corrected chi connectivity index (χ4v) is 3.70. The maximum atomic E-state index is 12.4. The van der Waals surface area contributed by atoms with Crippen LogP contribution in [-0.4, -0.2) is 46.1 Å². The van der Waals surface area contributed by atoms with Crippen LogP contribution in [0.15, 0.2) is 53.7 Å². The summed E-state index contributed by atoms with van der Waals surface area (Å²) in [5.41, 5.74) is 1.84. The van der Waals surface area contributed by atoms with Gasteiger partial charge in [-0.2, -0.15) is 0 Å². The van der Waals surface area contributed by atoms with Gasteiger partial charge in [0.15, 0.2) is 11.0 Å². The highest BCUT2D eigenvalue weighted by atomic mass is 32.2.